The van der Waals surface area contributed by atoms with E-state index in [4.69, 9.17) is 5.11 Å². The smallest absolute Gasteiger partial charge is 0.339 e. The third-order valence-electron chi connectivity index (χ3n) is 1.50. The van der Waals surface area contributed by atoms with Crippen LogP contribution in [0.4, 0.5) is 5.82 Å². The van der Waals surface area contributed by atoms with Crippen LogP contribution in [-0.2, 0) is 0 Å². The number of carbonyl (C=O) groups is 1. The molecule has 1 aromatic heterocycles. The van der Waals surface area contributed by atoms with Crippen molar-refractivity contribution in [2.24, 2.45) is 0 Å². The summed E-state index contributed by atoms with van der Waals surface area (Å²) in [7, 11) is 1.65. The lowest BCUT2D eigenvalue weighted by Gasteiger charge is -2.03. The molecule has 1 aromatic rings. The van der Waals surface area contributed by atoms with Crippen LogP contribution in [0.25, 0.3) is 0 Å². The van der Waals surface area contributed by atoms with E-state index in [0.717, 1.165) is 5.69 Å². The van der Waals surface area contributed by atoms with E-state index in [9.17, 15) is 4.79 Å². The fourth-order valence-corrected chi connectivity index (χ4v) is 0.920. The van der Waals surface area contributed by atoms with Gasteiger partial charge in [0.15, 0.2) is 0 Å². The Bertz CT molecular complexity index is 310. The number of nitrogens with one attached hydrogen (secondary N) is 1. The zero-order valence-electron chi connectivity index (χ0n) is 6.96. The molecule has 0 saturated heterocycles. The van der Waals surface area contributed by atoms with Crippen LogP contribution in [0.15, 0.2) is 12.1 Å². The van der Waals surface area contributed by atoms with Crippen LogP contribution >= 0.6 is 0 Å². The Morgan fingerprint density at radius 3 is 2.75 bits per heavy atom. The molecule has 0 radical (unpaired) electrons. The molecule has 1 rings (SSSR count). The number of hydrogen-bond donors (Lipinski definition) is 2. The van der Waals surface area contributed by atoms with E-state index < -0.39 is 5.97 Å². The summed E-state index contributed by atoms with van der Waals surface area (Å²) in [5.41, 5.74) is 0.993. The Hall–Kier alpha value is -1.58. The van der Waals surface area contributed by atoms with Crippen molar-refractivity contribution < 1.29 is 9.90 Å². The number of aryl methyl sites for hydroxylation is 1. The Morgan fingerprint density at radius 1 is 1.58 bits per heavy atom. The minimum Gasteiger partial charge on any atom is -0.478 e. The highest BCUT2D eigenvalue weighted by Gasteiger charge is 2.09. The van der Waals surface area contributed by atoms with Crippen LogP contribution in [0.5, 0.6) is 0 Å². The van der Waals surface area contributed by atoms with E-state index in [0.29, 0.717) is 5.82 Å². The van der Waals surface area contributed by atoms with Gasteiger partial charge in [-0.2, -0.15) is 0 Å². The first-order valence-corrected chi connectivity index (χ1v) is 3.54. The molecule has 0 atom stereocenters. The normalized spacial score (nSPS) is 9.50. The Morgan fingerprint density at radius 2 is 2.25 bits per heavy atom. The second-order valence-corrected chi connectivity index (χ2v) is 2.40. The second kappa shape index (κ2) is 3.21. The van der Waals surface area contributed by atoms with Crippen molar-refractivity contribution in [3.8, 4) is 0 Å². The molecule has 0 aromatic carbocycles. The van der Waals surface area contributed by atoms with Gasteiger partial charge in [-0.3, -0.25) is 0 Å². The highest BCUT2D eigenvalue weighted by molar-refractivity contribution is 5.93. The molecule has 0 bridgehead atoms. The van der Waals surface area contributed by atoms with Crippen LogP contribution in [0.3, 0.4) is 0 Å². The maximum Gasteiger partial charge on any atom is 0.339 e. The Labute approximate surface area is 70.3 Å². The number of pyridine rings is 1. The fraction of sp³-hybridized carbons (Fsp3) is 0.250. The minimum atomic E-state index is -0.966. The number of nitrogens with zero attached hydrogens (tertiary/aromatic N) is 1. The van der Waals surface area contributed by atoms with Crippen molar-refractivity contribution >= 4 is 11.8 Å². The van der Waals surface area contributed by atoms with Crippen LogP contribution in [0, 0.1) is 6.92 Å². The maximum absolute atomic E-state index is 10.6. The Kier molecular flexibility index (Phi) is 2.28. The van der Waals surface area contributed by atoms with Gasteiger partial charge in [-0.25, -0.2) is 9.78 Å². The highest BCUT2D eigenvalue weighted by Crippen LogP contribution is 2.11. The molecule has 64 valence electrons. The standard InChI is InChI=1S/C8H10N2O2/c1-5-3-4-6(8(11)12)7(9-2)10-5/h3-4H,1-2H3,(H,9,10)(H,11,12). The molecule has 4 nitrogen and oxygen atoms in total. The van der Waals surface area contributed by atoms with Gasteiger partial charge in [-0.05, 0) is 19.1 Å². The Balaban J connectivity index is 3.20. The average molecular weight is 166 g/mol. The molecular formula is C8H10N2O2. The summed E-state index contributed by atoms with van der Waals surface area (Å²) in [6.45, 7) is 1.81. The lowest BCUT2D eigenvalue weighted by molar-refractivity contribution is 0.0697. The van der Waals surface area contributed by atoms with Crippen molar-refractivity contribution in [2.45, 2.75) is 6.92 Å². The third kappa shape index (κ3) is 1.53. The number of aromatic nitrogens is 1. The van der Waals surface area contributed by atoms with Crippen molar-refractivity contribution in [1.29, 1.82) is 0 Å². The number of carboxylic acid groups (broad SMARTS) is 1. The molecule has 0 aliphatic carbocycles. The van der Waals surface area contributed by atoms with Crippen molar-refractivity contribution in [3.63, 3.8) is 0 Å². The largest absolute Gasteiger partial charge is 0.478 e. The summed E-state index contributed by atoms with van der Waals surface area (Å²) in [4.78, 5) is 14.6. The van der Waals surface area contributed by atoms with Crippen molar-refractivity contribution in [3.05, 3.63) is 23.4 Å². The topological polar surface area (TPSA) is 62.2 Å². The third-order valence-corrected chi connectivity index (χ3v) is 1.50. The van der Waals surface area contributed by atoms with Crippen LogP contribution in [0.1, 0.15) is 16.1 Å². The molecule has 0 amide bonds. The number of carboxylic acids is 1. The number of aromatic carboxylic acids is 1. The van der Waals surface area contributed by atoms with Gasteiger partial charge in [0.1, 0.15) is 11.4 Å². The van der Waals surface area contributed by atoms with Gasteiger partial charge >= 0.3 is 5.97 Å². The summed E-state index contributed by atoms with van der Waals surface area (Å²) in [6.07, 6.45) is 0. The monoisotopic (exact) mass is 166 g/mol. The molecule has 4 heteroatoms. The molecule has 0 aliphatic rings. The highest BCUT2D eigenvalue weighted by atomic mass is 16.4. The molecule has 2 N–H and O–H groups in total. The fourth-order valence-electron chi connectivity index (χ4n) is 0.920. The first kappa shape index (κ1) is 8.52. The maximum atomic E-state index is 10.6. The van der Waals surface area contributed by atoms with Crippen LogP contribution < -0.4 is 5.32 Å². The van der Waals surface area contributed by atoms with Crippen molar-refractivity contribution in [1.82, 2.24) is 4.98 Å². The lowest BCUT2D eigenvalue weighted by atomic mass is 10.2. The second-order valence-electron chi connectivity index (χ2n) is 2.40. The van der Waals surface area contributed by atoms with E-state index in [2.05, 4.69) is 10.3 Å². The van der Waals surface area contributed by atoms with Gasteiger partial charge in [0.2, 0.25) is 0 Å². The van der Waals surface area contributed by atoms with E-state index in [1.54, 1.807) is 13.1 Å². The van der Waals surface area contributed by atoms with Crippen LogP contribution in [0.2, 0.25) is 0 Å². The van der Waals surface area contributed by atoms with Gasteiger partial charge in [0, 0.05) is 12.7 Å². The molecule has 0 saturated carbocycles. The molecule has 0 unspecified atom stereocenters. The van der Waals surface area contributed by atoms with E-state index in [1.807, 2.05) is 6.92 Å². The first-order valence-electron chi connectivity index (χ1n) is 3.54. The summed E-state index contributed by atoms with van der Waals surface area (Å²) in [5.74, 6) is -0.561. The summed E-state index contributed by atoms with van der Waals surface area (Å²) in [6, 6.07) is 3.21. The molecule has 1 heterocycles. The summed E-state index contributed by atoms with van der Waals surface area (Å²) < 4.78 is 0. The van der Waals surface area contributed by atoms with Gasteiger partial charge in [-0.15, -0.1) is 0 Å². The predicted octanol–water partition coefficient (Wildman–Crippen LogP) is 1.13. The quantitative estimate of drug-likeness (QED) is 0.691. The average Bonchev–Trinajstić information content (AvgIpc) is 2.03. The van der Waals surface area contributed by atoms with Gasteiger partial charge in [-0.1, -0.05) is 0 Å². The van der Waals surface area contributed by atoms with Gasteiger partial charge < -0.3 is 10.4 Å². The first-order chi connectivity index (χ1) is 5.65. The van der Waals surface area contributed by atoms with E-state index in [-0.39, 0.29) is 5.56 Å². The predicted molar refractivity (Wildman–Crippen MR) is 45.5 cm³/mol. The van der Waals surface area contributed by atoms with E-state index in [1.165, 1.54) is 6.07 Å². The minimum absolute atomic E-state index is 0.197. The van der Waals surface area contributed by atoms with E-state index >= 15 is 0 Å². The zero-order chi connectivity index (χ0) is 9.14. The summed E-state index contributed by atoms with van der Waals surface area (Å²) >= 11 is 0. The van der Waals surface area contributed by atoms with Crippen LogP contribution in [-0.4, -0.2) is 23.1 Å². The summed E-state index contributed by atoms with van der Waals surface area (Å²) in [5, 5.41) is 11.4. The molecule has 0 aliphatic heterocycles. The number of rotatable bonds is 2. The number of hydrogen-bond acceptors (Lipinski definition) is 3. The number of anilines is 1. The molecular weight excluding hydrogens is 156 g/mol. The van der Waals surface area contributed by atoms with Gasteiger partial charge in [0.25, 0.3) is 0 Å². The SMILES string of the molecule is CNc1nc(C)ccc1C(=O)O. The lowest BCUT2D eigenvalue weighted by Crippen LogP contribution is -2.05. The van der Waals surface area contributed by atoms with Gasteiger partial charge in [0.05, 0.1) is 0 Å². The molecule has 0 spiro atoms. The zero-order valence-corrected chi connectivity index (χ0v) is 6.96. The van der Waals surface area contributed by atoms with Crippen molar-refractivity contribution in [2.75, 3.05) is 12.4 Å². The molecule has 0 fully saturated rings. The molecule has 12 heavy (non-hydrogen) atoms.